The Morgan fingerprint density at radius 2 is 1.95 bits per heavy atom. The van der Waals surface area contributed by atoms with Crippen molar-refractivity contribution in [2.75, 3.05) is 24.6 Å². The van der Waals surface area contributed by atoms with Crippen molar-refractivity contribution in [1.29, 1.82) is 0 Å². The largest absolute Gasteiger partial charge is 0.418 e. The third-order valence-corrected chi connectivity index (χ3v) is 3.71. The van der Waals surface area contributed by atoms with Gasteiger partial charge in [0.05, 0.1) is 10.5 Å². The number of rotatable bonds is 3. The molecule has 5 nitrogen and oxygen atoms in total. The Balaban J connectivity index is 2.33. The van der Waals surface area contributed by atoms with Crippen LogP contribution in [0.25, 0.3) is 0 Å². The molecular weight excluding hydrogens is 289 g/mol. The van der Waals surface area contributed by atoms with Crippen molar-refractivity contribution in [3.63, 3.8) is 0 Å². The normalized spacial score (nSPS) is 17.0. The Morgan fingerprint density at radius 1 is 1.33 bits per heavy atom. The van der Waals surface area contributed by atoms with Crippen molar-refractivity contribution in [2.45, 2.75) is 19.0 Å². The summed E-state index contributed by atoms with van der Waals surface area (Å²) >= 11 is 0. The average molecular weight is 304 g/mol. The highest BCUT2D eigenvalue weighted by atomic mass is 19.4. The van der Waals surface area contributed by atoms with Crippen molar-refractivity contribution in [3.8, 4) is 0 Å². The summed E-state index contributed by atoms with van der Waals surface area (Å²) in [5.74, 6) is 0.105. The molecule has 1 N–H and O–H groups in total. The Hall–Kier alpha value is -1.83. The lowest BCUT2D eigenvalue weighted by atomic mass is 9.96. The molecule has 1 aliphatic heterocycles. The molecule has 0 spiro atoms. The second kappa shape index (κ2) is 5.88. The summed E-state index contributed by atoms with van der Waals surface area (Å²) in [6.07, 6.45) is -3.44. The van der Waals surface area contributed by atoms with Crippen LogP contribution in [0, 0.1) is 16.0 Å². The van der Waals surface area contributed by atoms with E-state index in [0.29, 0.717) is 32.0 Å². The molecule has 0 atom stereocenters. The summed E-state index contributed by atoms with van der Waals surface area (Å²) < 4.78 is 39.3. The minimum absolute atomic E-state index is 0.0280. The molecule has 0 unspecified atom stereocenters. The van der Waals surface area contributed by atoms with Crippen LogP contribution < -0.4 is 4.90 Å². The van der Waals surface area contributed by atoms with Crippen LogP contribution in [0.1, 0.15) is 18.4 Å². The fourth-order valence-corrected chi connectivity index (χ4v) is 2.50. The highest BCUT2D eigenvalue weighted by Gasteiger charge is 2.37. The third kappa shape index (κ3) is 3.44. The molecule has 0 amide bonds. The van der Waals surface area contributed by atoms with Crippen LogP contribution in [-0.4, -0.2) is 29.7 Å². The molecule has 21 heavy (non-hydrogen) atoms. The molecule has 2 rings (SSSR count). The topological polar surface area (TPSA) is 66.6 Å². The van der Waals surface area contributed by atoms with Crippen molar-refractivity contribution >= 4 is 11.4 Å². The van der Waals surface area contributed by atoms with Crippen molar-refractivity contribution in [3.05, 3.63) is 33.9 Å². The lowest BCUT2D eigenvalue weighted by Gasteiger charge is -2.34. The number of non-ortho nitro benzene ring substituents is 1. The second-order valence-electron chi connectivity index (χ2n) is 5.07. The first kappa shape index (κ1) is 15.6. The van der Waals surface area contributed by atoms with Gasteiger partial charge < -0.3 is 10.0 Å². The van der Waals surface area contributed by atoms with Crippen molar-refractivity contribution in [2.24, 2.45) is 5.92 Å². The number of hydrogen-bond acceptors (Lipinski definition) is 4. The Bertz CT molecular complexity index is 526. The highest BCUT2D eigenvalue weighted by molar-refractivity contribution is 5.59. The summed E-state index contributed by atoms with van der Waals surface area (Å²) in [5.41, 5.74) is -1.60. The number of piperidine rings is 1. The van der Waals surface area contributed by atoms with Crippen LogP contribution >= 0.6 is 0 Å². The monoisotopic (exact) mass is 304 g/mol. The Labute approximate surface area is 119 Å². The van der Waals surface area contributed by atoms with Crippen LogP contribution in [0.3, 0.4) is 0 Å². The second-order valence-corrected chi connectivity index (χ2v) is 5.07. The number of halogens is 3. The zero-order chi connectivity index (χ0) is 15.6. The molecule has 0 aliphatic carbocycles. The minimum atomic E-state index is -4.64. The van der Waals surface area contributed by atoms with Gasteiger partial charge in [0.2, 0.25) is 0 Å². The predicted octanol–water partition coefficient (Wildman–Crippen LogP) is 2.82. The smallest absolute Gasteiger partial charge is 0.396 e. The first-order valence-corrected chi connectivity index (χ1v) is 6.54. The van der Waals surface area contributed by atoms with E-state index in [4.69, 9.17) is 5.11 Å². The van der Waals surface area contributed by atoms with Gasteiger partial charge in [0.1, 0.15) is 0 Å². The molecule has 0 saturated carbocycles. The van der Waals surface area contributed by atoms with E-state index in [1.54, 1.807) is 4.90 Å². The number of benzene rings is 1. The van der Waals surface area contributed by atoms with Gasteiger partial charge in [-0.05, 0) is 24.8 Å². The number of hydrogen-bond donors (Lipinski definition) is 1. The number of nitro benzene ring substituents is 1. The fourth-order valence-electron chi connectivity index (χ4n) is 2.50. The van der Waals surface area contributed by atoms with E-state index in [1.807, 2.05) is 0 Å². The van der Waals surface area contributed by atoms with Crippen LogP contribution in [0.4, 0.5) is 24.5 Å². The van der Waals surface area contributed by atoms with Crippen molar-refractivity contribution in [1.82, 2.24) is 0 Å². The quantitative estimate of drug-likeness (QED) is 0.689. The van der Waals surface area contributed by atoms with E-state index in [0.717, 1.165) is 12.1 Å². The summed E-state index contributed by atoms with van der Waals surface area (Å²) in [4.78, 5) is 11.4. The van der Waals surface area contributed by atoms with Gasteiger partial charge in [-0.15, -0.1) is 0 Å². The minimum Gasteiger partial charge on any atom is -0.396 e. The summed E-state index contributed by atoms with van der Waals surface area (Å²) in [5, 5.41) is 19.7. The summed E-state index contributed by atoms with van der Waals surface area (Å²) in [6.45, 7) is 0.818. The lowest BCUT2D eigenvalue weighted by Crippen LogP contribution is -2.36. The molecule has 1 aliphatic rings. The first-order chi connectivity index (χ1) is 9.82. The molecule has 0 aromatic heterocycles. The van der Waals surface area contributed by atoms with Gasteiger partial charge >= 0.3 is 6.18 Å². The number of nitrogens with zero attached hydrogens (tertiary/aromatic N) is 2. The van der Waals surface area contributed by atoms with Gasteiger partial charge in [0.25, 0.3) is 5.69 Å². The van der Waals surface area contributed by atoms with Gasteiger partial charge in [-0.2, -0.15) is 13.2 Å². The molecular formula is C13H15F3N2O3. The van der Waals surface area contributed by atoms with Gasteiger partial charge in [0.15, 0.2) is 0 Å². The Morgan fingerprint density at radius 3 is 2.43 bits per heavy atom. The Kier molecular flexibility index (Phi) is 4.36. The van der Waals surface area contributed by atoms with E-state index in [-0.39, 0.29) is 18.2 Å². The SMILES string of the molecule is O=[N+]([O-])c1ccc(N2CCC(CO)CC2)c(C(F)(F)F)c1. The zero-order valence-corrected chi connectivity index (χ0v) is 11.1. The maximum atomic E-state index is 13.1. The van der Waals surface area contributed by atoms with Crippen molar-refractivity contribution < 1.29 is 23.2 Å². The number of anilines is 1. The molecule has 0 bridgehead atoms. The lowest BCUT2D eigenvalue weighted by molar-refractivity contribution is -0.385. The van der Waals surface area contributed by atoms with Crippen LogP contribution in [0.5, 0.6) is 0 Å². The summed E-state index contributed by atoms with van der Waals surface area (Å²) in [6, 6.07) is 2.82. The number of aliphatic hydroxyl groups excluding tert-OH is 1. The van der Waals surface area contributed by atoms with Gasteiger partial charge in [-0.1, -0.05) is 0 Å². The third-order valence-electron chi connectivity index (χ3n) is 3.71. The maximum absolute atomic E-state index is 13.1. The predicted molar refractivity (Wildman–Crippen MR) is 70.1 cm³/mol. The molecule has 1 aromatic rings. The maximum Gasteiger partial charge on any atom is 0.418 e. The average Bonchev–Trinajstić information content (AvgIpc) is 2.46. The van der Waals surface area contributed by atoms with E-state index in [1.165, 1.54) is 0 Å². The molecule has 0 radical (unpaired) electrons. The van der Waals surface area contributed by atoms with Gasteiger partial charge in [-0.3, -0.25) is 10.1 Å². The van der Waals surface area contributed by atoms with E-state index in [9.17, 15) is 23.3 Å². The van der Waals surface area contributed by atoms with E-state index < -0.39 is 22.4 Å². The molecule has 8 heteroatoms. The van der Waals surface area contributed by atoms with Crippen LogP contribution in [0.15, 0.2) is 18.2 Å². The van der Waals surface area contributed by atoms with Crippen LogP contribution in [-0.2, 0) is 6.18 Å². The fraction of sp³-hybridized carbons (Fsp3) is 0.538. The number of nitro groups is 1. The van der Waals surface area contributed by atoms with Gasteiger partial charge in [0, 0.05) is 37.5 Å². The molecule has 1 saturated heterocycles. The molecule has 1 heterocycles. The standard InChI is InChI=1S/C13H15F3N2O3/c14-13(15,16)11-7-10(18(20)21)1-2-12(11)17-5-3-9(8-19)4-6-17/h1-2,7,9,19H,3-6,8H2. The zero-order valence-electron chi connectivity index (χ0n) is 11.1. The van der Waals surface area contributed by atoms with Gasteiger partial charge in [-0.25, -0.2) is 0 Å². The highest BCUT2D eigenvalue weighted by Crippen LogP contribution is 2.39. The number of aliphatic hydroxyl groups is 1. The molecule has 1 fully saturated rings. The van der Waals surface area contributed by atoms with Crippen LogP contribution in [0.2, 0.25) is 0 Å². The molecule has 1 aromatic carbocycles. The van der Waals surface area contributed by atoms with E-state index in [2.05, 4.69) is 0 Å². The summed E-state index contributed by atoms with van der Waals surface area (Å²) in [7, 11) is 0. The number of alkyl halides is 3. The molecule has 116 valence electrons. The van der Waals surface area contributed by atoms with E-state index >= 15 is 0 Å². The first-order valence-electron chi connectivity index (χ1n) is 6.54.